The molecule has 156 valence electrons. The summed E-state index contributed by atoms with van der Waals surface area (Å²) < 4.78 is 32.8. The van der Waals surface area contributed by atoms with Crippen molar-refractivity contribution in [3.05, 3.63) is 63.7 Å². The average Bonchev–Trinajstić information content (AvgIpc) is 2.68. The molecule has 29 heavy (non-hydrogen) atoms. The van der Waals surface area contributed by atoms with Crippen molar-refractivity contribution in [2.45, 2.75) is 18.7 Å². The summed E-state index contributed by atoms with van der Waals surface area (Å²) in [4.78, 5) is 12.4. The molecule has 0 unspecified atom stereocenters. The minimum Gasteiger partial charge on any atom is -0.492 e. The van der Waals surface area contributed by atoms with Crippen molar-refractivity contribution in [3.8, 4) is 5.75 Å². The molecule has 0 saturated carbocycles. The van der Waals surface area contributed by atoms with Crippen LogP contribution in [0.1, 0.15) is 11.1 Å². The van der Waals surface area contributed by atoms with Crippen LogP contribution in [0.3, 0.4) is 0 Å². The largest absolute Gasteiger partial charge is 0.492 e. The predicted octanol–water partition coefficient (Wildman–Crippen LogP) is 2.60. The molecule has 2 aromatic rings. The van der Waals surface area contributed by atoms with Gasteiger partial charge >= 0.3 is 0 Å². The molecule has 0 aromatic heterocycles. The maximum Gasteiger partial charge on any atom is 0.270 e. The Morgan fingerprint density at radius 2 is 1.69 bits per heavy atom. The molecule has 0 amide bonds. The van der Waals surface area contributed by atoms with E-state index >= 15 is 0 Å². The lowest BCUT2D eigenvalue weighted by Crippen LogP contribution is -2.49. The number of ether oxygens (including phenoxy) is 1. The van der Waals surface area contributed by atoms with E-state index < -0.39 is 14.9 Å². The van der Waals surface area contributed by atoms with Gasteiger partial charge in [-0.3, -0.25) is 15.0 Å². The number of benzene rings is 2. The second-order valence-corrected chi connectivity index (χ2v) is 9.11. The minimum atomic E-state index is -3.74. The molecular weight excluding hydrogens is 394 g/mol. The Balaban J connectivity index is 1.53. The van der Waals surface area contributed by atoms with Crippen LogP contribution >= 0.6 is 0 Å². The highest BCUT2D eigenvalue weighted by molar-refractivity contribution is 7.89. The smallest absolute Gasteiger partial charge is 0.270 e. The number of piperazine rings is 1. The Morgan fingerprint density at radius 3 is 2.31 bits per heavy atom. The number of aryl methyl sites for hydroxylation is 2. The quantitative estimate of drug-likeness (QED) is 0.506. The van der Waals surface area contributed by atoms with Crippen molar-refractivity contribution in [1.82, 2.24) is 9.21 Å². The zero-order chi connectivity index (χ0) is 21.0. The van der Waals surface area contributed by atoms with Gasteiger partial charge in [0.2, 0.25) is 10.0 Å². The van der Waals surface area contributed by atoms with Crippen molar-refractivity contribution in [2.75, 3.05) is 39.3 Å². The molecule has 8 nitrogen and oxygen atoms in total. The fourth-order valence-corrected chi connectivity index (χ4v) is 4.87. The minimum absolute atomic E-state index is 0.0432. The van der Waals surface area contributed by atoms with Crippen LogP contribution in [0.15, 0.2) is 47.4 Å². The fraction of sp³-hybridized carbons (Fsp3) is 0.400. The van der Waals surface area contributed by atoms with E-state index in [0.717, 1.165) is 22.9 Å². The van der Waals surface area contributed by atoms with Gasteiger partial charge in [0, 0.05) is 44.9 Å². The Morgan fingerprint density at radius 1 is 1.03 bits per heavy atom. The predicted molar refractivity (Wildman–Crippen MR) is 110 cm³/mol. The summed E-state index contributed by atoms with van der Waals surface area (Å²) in [5.41, 5.74) is 2.08. The van der Waals surface area contributed by atoms with Crippen LogP contribution in [-0.4, -0.2) is 61.9 Å². The van der Waals surface area contributed by atoms with Crippen LogP contribution in [0.5, 0.6) is 5.75 Å². The maximum absolute atomic E-state index is 12.8. The van der Waals surface area contributed by atoms with Gasteiger partial charge in [0.1, 0.15) is 12.4 Å². The molecule has 0 N–H and O–H groups in total. The summed E-state index contributed by atoms with van der Waals surface area (Å²) in [6.45, 7) is 7.15. The van der Waals surface area contributed by atoms with Crippen molar-refractivity contribution in [3.63, 3.8) is 0 Å². The van der Waals surface area contributed by atoms with Gasteiger partial charge in [-0.25, -0.2) is 8.42 Å². The van der Waals surface area contributed by atoms with Crippen LogP contribution in [-0.2, 0) is 10.0 Å². The lowest BCUT2D eigenvalue weighted by molar-refractivity contribution is -0.385. The van der Waals surface area contributed by atoms with Crippen molar-refractivity contribution in [2.24, 2.45) is 0 Å². The number of sulfonamides is 1. The molecule has 1 saturated heterocycles. The number of hydrogen-bond donors (Lipinski definition) is 0. The lowest BCUT2D eigenvalue weighted by Gasteiger charge is -2.33. The van der Waals surface area contributed by atoms with E-state index in [1.165, 1.54) is 22.5 Å². The van der Waals surface area contributed by atoms with E-state index in [1.54, 1.807) is 0 Å². The fourth-order valence-electron chi connectivity index (χ4n) is 3.41. The summed E-state index contributed by atoms with van der Waals surface area (Å²) in [5.74, 6) is 0.842. The molecule has 3 rings (SSSR count). The third kappa shape index (κ3) is 5.31. The van der Waals surface area contributed by atoms with Gasteiger partial charge in [-0.2, -0.15) is 4.31 Å². The van der Waals surface area contributed by atoms with Gasteiger partial charge in [0.15, 0.2) is 0 Å². The Hall–Kier alpha value is -2.49. The first-order valence-corrected chi connectivity index (χ1v) is 10.9. The number of rotatable bonds is 7. The van der Waals surface area contributed by atoms with Crippen LogP contribution < -0.4 is 4.74 Å². The average molecular weight is 420 g/mol. The summed E-state index contributed by atoms with van der Waals surface area (Å²) in [6, 6.07) is 11.3. The molecule has 9 heteroatoms. The van der Waals surface area contributed by atoms with E-state index in [-0.39, 0.29) is 10.6 Å². The molecule has 1 aliphatic heterocycles. The first kappa shape index (κ1) is 21.2. The van der Waals surface area contributed by atoms with E-state index in [2.05, 4.69) is 11.0 Å². The molecule has 2 aromatic carbocycles. The molecule has 0 atom stereocenters. The Bertz CT molecular complexity index is 965. The molecule has 1 heterocycles. The van der Waals surface area contributed by atoms with Gasteiger partial charge in [-0.15, -0.1) is 0 Å². The molecule has 0 spiro atoms. The van der Waals surface area contributed by atoms with E-state index in [9.17, 15) is 18.5 Å². The SMILES string of the molecule is Cc1cc(C)cc(OCCN2CCN(S(=O)(=O)c3cccc([N+](=O)[O-])c3)CC2)c1. The zero-order valence-electron chi connectivity index (χ0n) is 16.6. The van der Waals surface area contributed by atoms with Gasteiger partial charge in [0.25, 0.3) is 5.69 Å². The monoisotopic (exact) mass is 419 g/mol. The third-order valence-electron chi connectivity index (χ3n) is 4.87. The van der Waals surface area contributed by atoms with Gasteiger partial charge in [0.05, 0.1) is 9.82 Å². The maximum atomic E-state index is 12.8. The van der Waals surface area contributed by atoms with E-state index in [1.807, 2.05) is 26.0 Å². The van der Waals surface area contributed by atoms with Gasteiger partial charge in [-0.1, -0.05) is 12.1 Å². The molecule has 0 aliphatic carbocycles. The van der Waals surface area contributed by atoms with Crippen LogP contribution in [0, 0.1) is 24.0 Å². The third-order valence-corrected chi connectivity index (χ3v) is 6.76. The second-order valence-electron chi connectivity index (χ2n) is 7.17. The van der Waals surface area contributed by atoms with Crippen LogP contribution in [0.4, 0.5) is 5.69 Å². The molecule has 0 radical (unpaired) electrons. The summed E-state index contributed by atoms with van der Waals surface area (Å²) in [7, 11) is -3.74. The highest BCUT2D eigenvalue weighted by atomic mass is 32.2. The van der Waals surface area contributed by atoms with Crippen LogP contribution in [0.2, 0.25) is 0 Å². The number of nitrogens with zero attached hydrogens (tertiary/aromatic N) is 3. The normalized spacial score (nSPS) is 15.9. The molecular formula is C20H25N3O5S. The van der Waals surface area contributed by atoms with E-state index in [4.69, 9.17) is 4.74 Å². The first-order chi connectivity index (χ1) is 13.8. The highest BCUT2D eigenvalue weighted by Gasteiger charge is 2.29. The lowest BCUT2D eigenvalue weighted by atomic mass is 10.1. The van der Waals surface area contributed by atoms with E-state index in [0.29, 0.717) is 39.3 Å². The number of non-ortho nitro benzene ring substituents is 1. The molecule has 1 fully saturated rings. The standard InChI is InChI=1S/C20H25N3O5S/c1-16-12-17(2)14-19(13-16)28-11-10-21-6-8-22(9-7-21)29(26,27)20-5-3-4-18(15-20)23(24)25/h3-5,12-15H,6-11H2,1-2H3. The van der Waals surface area contributed by atoms with Gasteiger partial charge < -0.3 is 4.74 Å². The number of nitro groups is 1. The Kier molecular flexibility index (Phi) is 6.51. The number of hydrogen-bond acceptors (Lipinski definition) is 6. The highest BCUT2D eigenvalue weighted by Crippen LogP contribution is 2.22. The number of nitro benzene ring substituents is 1. The zero-order valence-corrected chi connectivity index (χ0v) is 17.4. The van der Waals surface area contributed by atoms with Gasteiger partial charge in [-0.05, 0) is 43.2 Å². The second kappa shape index (κ2) is 8.89. The summed E-state index contributed by atoms with van der Waals surface area (Å²) >= 11 is 0. The molecule has 1 aliphatic rings. The Labute approximate surface area is 170 Å². The summed E-state index contributed by atoms with van der Waals surface area (Å²) in [5, 5.41) is 10.9. The van der Waals surface area contributed by atoms with Crippen molar-refractivity contribution in [1.29, 1.82) is 0 Å². The van der Waals surface area contributed by atoms with Crippen molar-refractivity contribution >= 4 is 15.7 Å². The summed E-state index contributed by atoms with van der Waals surface area (Å²) in [6.07, 6.45) is 0. The van der Waals surface area contributed by atoms with Crippen molar-refractivity contribution < 1.29 is 18.1 Å². The topological polar surface area (TPSA) is 93.0 Å². The first-order valence-electron chi connectivity index (χ1n) is 9.44. The molecule has 0 bridgehead atoms. The van der Waals surface area contributed by atoms with Crippen LogP contribution in [0.25, 0.3) is 0 Å².